The number of unbranched alkanes of at least 4 members (excludes halogenated alkanes) is 3. The molecule has 1 N–H and O–H groups in total. The first-order valence-electron chi connectivity index (χ1n) is 7.18. The van der Waals surface area contributed by atoms with Gasteiger partial charge in [0.15, 0.2) is 0 Å². The van der Waals surface area contributed by atoms with Gasteiger partial charge in [0.05, 0.1) is 0 Å². The van der Waals surface area contributed by atoms with Gasteiger partial charge in [-0.15, -0.1) is 0 Å². The van der Waals surface area contributed by atoms with Gasteiger partial charge in [-0.2, -0.15) is 0 Å². The molecule has 1 rings (SSSR count). The second-order valence-corrected chi connectivity index (χ2v) is 5.56. The molecule has 96 valence electrons. The zero-order chi connectivity index (χ0) is 11.8. The van der Waals surface area contributed by atoms with Gasteiger partial charge in [-0.1, -0.05) is 33.1 Å². The minimum absolute atomic E-state index is 0.695. The fraction of sp³-hybridized carbons (Fsp3) is 1.00. The Labute approximate surface area is 102 Å². The third-order valence-electron chi connectivity index (χ3n) is 3.59. The van der Waals surface area contributed by atoms with Gasteiger partial charge in [0, 0.05) is 12.6 Å². The van der Waals surface area contributed by atoms with E-state index in [1.54, 1.807) is 0 Å². The van der Waals surface area contributed by atoms with Crippen molar-refractivity contribution in [3.05, 3.63) is 0 Å². The summed E-state index contributed by atoms with van der Waals surface area (Å²) >= 11 is 0. The lowest BCUT2D eigenvalue weighted by atomic mass is 10.1. The van der Waals surface area contributed by atoms with Gasteiger partial charge in [-0.25, -0.2) is 0 Å². The highest BCUT2D eigenvalue weighted by molar-refractivity contribution is 4.73. The van der Waals surface area contributed by atoms with Crippen molar-refractivity contribution in [2.24, 2.45) is 5.92 Å². The molecule has 1 fully saturated rings. The zero-order valence-electron chi connectivity index (χ0n) is 11.5. The van der Waals surface area contributed by atoms with Crippen LogP contribution in [0.4, 0.5) is 0 Å². The Hall–Kier alpha value is -0.0800. The SMILES string of the molecule is CCCCCCN1CCC(C)NCC(C)C1. The topological polar surface area (TPSA) is 15.3 Å². The average Bonchev–Trinajstić information content (AvgIpc) is 2.26. The molecule has 16 heavy (non-hydrogen) atoms. The van der Waals surface area contributed by atoms with Crippen LogP contribution in [0.3, 0.4) is 0 Å². The molecule has 2 atom stereocenters. The Morgan fingerprint density at radius 3 is 2.75 bits per heavy atom. The van der Waals surface area contributed by atoms with Crippen LogP contribution in [-0.2, 0) is 0 Å². The van der Waals surface area contributed by atoms with Crippen molar-refractivity contribution in [2.45, 2.75) is 58.9 Å². The van der Waals surface area contributed by atoms with Crippen molar-refractivity contribution >= 4 is 0 Å². The summed E-state index contributed by atoms with van der Waals surface area (Å²) in [5, 5.41) is 3.60. The quantitative estimate of drug-likeness (QED) is 0.725. The van der Waals surface area contributed by atoms with Crippen LogP contribution in [0.25, 0.3) is 0 Å². The van der Waals surface area contributed by atoms with Crippen LogP contribution in [0.5, 0.6) is 0 Å². The first-order valence-corrected chi connectivity index (χ1v) is 7.18. The highest BCUT2D eigenvalue weighted by atomic mass is 15.1. The van der Waals surface area contributed by atoms with E-state index >= 15 is 0 Å². The molecule has 2 nitrogen and oxygen atoms in total. The van der Waals surface area contributed by atoms with Gasteiger partial charge in [0.2, 0.25) is 0 Å². The van der Waals surface area contributed by atoms with Crippen molar-refractivity contribution < 1.29 is 0 Å². The average molecular weight is 226 g/mol. The van der Waals surface area contributed by atoms with E-state index in [2.05, 4.69) is 31.0 Å². The number of hydrogen-bond acceptors (Lipinski definition) is 2. The van der Waals surface area contributed by atoms with Crippen molar-refractivity contribution in [1.29, 1.82) is 0 Å². The molecule has 0 aromatic carbocycles. The monoisotopic (exact) mass is 226 g/mol. The number of rotatable bonds is 5. The van der Waals surface area contributed by atoms with Crippen LogP contribution < -0.4 is 5.32 Å². The Morgan fingerprint density at radius 2 is 2.00 bits per heavy atom. The molecular formula is C14H30N2. The summed E-state index contributed by atoms with van der Waals surface area (Å²) in [4.78, 5) is 2.68. The maximum atomic E-state index is 3.60. The largest absolute Gasteiger partial charge is 0.314 e. The summed E-state index contributed by atoms with van der Waals surface area (Å²) in [5.41, 5.74) is 0. The maximum absolute atomic E-state index is 3.60. The summed E-state index contributed by atoms with van der Waals surface area (Å²) in [5.74, 6) is 0.800. The van der Waals surface area contributed by atoms with E-state index in [1.165, 1.54) is 58.3 Å². The summed E-state index contributed by atoms with van der Waals surface area (Å²) < 4.78 is 0. The Kier molecular flexibility index (Phi) is 7.06. The first kappa shape index (κ1) is 14.0. The molecule has 0 bridgehead atoms. The highest BCUT2D eigenvalue weighted by Gasteiger charge is 2.15. The molecule has 0 aromatic heterocycles. The standard InChI is InChI=1S/C14H30N2/c1-4-5-6-7-9-16-10-8-14(3)15-11-13(2)12-16/h13-15H,4-12H2,1-3H3. The van der Waals surface area contributed by atoms with Gasteiger partial charge in [0.25, 0.3) is 0 Å². The molecular weight excluding hydrogens is 196 g/mol. The first-order chi connectivity index (χ1) is 7.72. The zero-order valence-corrected chi connectivity index (χ0v) is 11.5. The molecule has 0 radical (unpaired) electrons. The van der Waals surface area contributed by atoms with E-state index in [9.17, 15) is 0 Å². The lowest BCUT2D eigenvalue weighted by Crippen LogP contribution is -2.42. The smallest absolute Gasteiger partial charge is 0.00510 e. The third kappa shape index (κ3) is 5.86. The van der Waals surface area contributed by atoms with Crippen LogP contribution in [0.1, 0.15) is 52.9 Å². The van der Waals surface area contributed by atoms with E-state index in [4.69, 9.17) is 0 Å². The minimum atomic E-state index is 0.695. The minimum Gasteiger partial charge on any atom is -0.314 e. The summed E-state index contributed by atoms with van der Waals surface area (Å²) in [6, 6.07) is 0.695. The van der Waals surface area contributed by atoms with E-state index in [0.29, 0.717) is 6.04 Å². The molecule has 0 aliphatic carbocycles. The summed E-state index contributed by atoms with van der Waals surface area (Å²) in [7, 11) is 0. The van der Waals surface area contributed by atoms with E-state index < -0.39 is 0 Å². The predicted octanol–water partition coefficient (Wildman–Crippen LogP) is 2.89. The van der Waals surface area contributed by atoms with E-state index in [1.807, 2.05) is 0 Å². The molecule has 2 unspecified atom stereocenters. The molecule has 0 spiro atoms. The molecule has 2 heteroatoms. The van der Waals surface area contributed by atoms with E-state index in [0.717, 1.165) is 5.92 Å². The predicted molar refractivity (Wildman–Crippen MR) is 71.8 cm³/mol. The number of nitrogens with zero attached hydrogens (tertiary/aromatic N) is 1. The number of hydrogen-bond donors (Lipinski definition) is 1. The molecule has 1 aliphatic heterocycles. The molecule has 1 saturated heterocycles. The van der Waals surface area contributed by atoms with Gasteiger partial charge in [-0.3, -0.25) is 0 Å². The molecule has 1 heterocycles. The lowest BCUT2D eigenvalue weighted by molar-refractivity contribution is 0.198. The van der Waals surface area contributed by atoms with Crippen LogP contribution in [0.2, 0.25) is 0 Å². The van der Waals surface area contributed by atoms with Crippen LogP contribution in [0.15, 0.2) is 0 Å². The molecule has 0 aromatic rings. The molecule has 1 aliphatic rings. The second kappa shape index (κ2) is 8.08. The Morgan fingerprint density at radius 1 is 1.19 bits per heavy atom. The Bertz CT molecular complexity index is 170. The number of nitrogens with one attached hydrogen (secondary N) is 1. The normalized spacial score (nSPS) is 28.7. The second-order valence-electron chi connectivity index (χ2n) is 5.56. The van der Waals surface area contributed by atoms with Gasteiger partial charge in [0.1, 0.15) is 0 Å². The Balaban J connectivity index is 2.21. The van der Waals surface area contributed by atoms with Crippen molar-refractivity contribution in [3.63, 3.8) is 0 Å². The summed E-state index contributed by atoms with van der Waals surface area (Å²) in [6.07, 6.45) is 6.86. The molecule has 0 amide bonds. The van der Waals surface area contributed by atoms with Crippen LogP contribution in [-0.4, -0.2) is 37.1 Å². The van der Waals surface area contributed by atoms with Gasteiger partial charge in [-0.05, 0) is 45.3 Å². The van der Waals surface area contributed by atoms with Crippen molar-refractivity contribution in [3.8, 4) is 0 Å². The van der Waals surface area contributed by atoms with Crippen molar-refractivity contribution in [1.82, 2.24) is 10.2 Å². The summed E-state index contributed by atoms with van der Waals surface area (Å²) in [6.45, 7) is 12.0. The highest BCUT2D eigenvalue weighted by Crippen LogP contribution is 2.09. The maximum Gasteiger partial charge on any atom is 0.00510 e. The van der Waals surface area contributed by atoms with Crippen LogP contribution >= 0.6 is 0 Å². The van der Waals surface area contributed by atoms with Crippen LogP contribution in [0, 0.1) is 5.92 Å². The van der Waals surface area contributed by atoms with Gasteiger partial charge >= 0.3 is 0 Å². The van der Waals surface area contributed by atoms with E-state index in [-0.39, 0.29) is 0 Å². The molecule has 0 saturated carbocycles. The third-order valence-corrected chi connectivity index (χ3v) is 3.59. The van der Waals surface area contributed by atoms with Gasteiger partial charge < -0.3 is 10.2 Å². The fourth-order valence-corrected chi connectivity index (χ4v) is 2.44. The van der Waals surface area contributed by atoms with Crippen molar-refractivity contribution in [2.75, 3.05) is 26.2 Å². The lowest BCUT2D eigenvalue weighted by Gasteiger charge is -2.31. The fourth-order valence-electron chi connectivity index (χ4n) is 2.44.